The molecule has 0 atom stereocenters. The van der Waals surface area contributed by atoms with E-state index < -0.39 is 0 Å². The van der Waals surface area contributed by atoms with E-state index in [2.05, 4.69) is 25.8 Å². The van der Waals surface area contributed by atoms with Crippen molar-refractivity contribution >= 4 is 28.0 Å². The molecule has 13 heavy (non-hydrogen) atoms. The van der Waals surface area contributed by atoms with Crippen LogP contribution in [0.3, 0.4) is 0 Å². The number of rotatable bonds is 2. The zero-order valence-corrected chi connectivity index (χ0v) is 8.91. The quantitative estimate of drug-likeness (QED) is 0.583. The first-order valence-electron chi connectivity index (χ1n) is 3.58. The molecule has 0 aliphatic carbocycles. The second-order valence-corrected chi connectivity index (χ2v) is 3.21. The monoisotopic (exact) mass is 244 g/mol. The van der Waals surface area contributed by atoms with Crippen LogP contribution >= 0.6 is 15.9 Å². The predicted octanol–water partition coefficient (Wildman–Crippen LogP) is 1.37. The molecule has 0 N–H and O–H groups in total. The Kier molecular flexibility index (Phi) is 3.25. The van der Waals surface area contributed by atoms with E-state index in [0.29, 0.717) is 0 Å². The first kappa shape index (κ1) is 9.98. The van der Waals surface area contributed by atoms with E-state index in [1.54, 1.807) is 24.0 Å². The molecular formula is C8H9BrN2O2. The number of hydrogen-bond acceptors (Lipinski definition) is 3. The van der Waals surface area contributed by atoms with Gasteiger partial charge in [-0.3, -0.25) is 4.68 Å². The van der Waals surface area contributed by atoms with Crippen molar-refractivity contribution in [1.29, 1.82) is 0 Å². The maximum Gasteiger partial charge on any atom is 0.330 e. The van der Waals surface area contributed by atoms with Crippen molar-refractivity contribution in [1.82, 2.24) is 9.78 Å². The van der Waals surface area contributed by atoms with E-state index in [9.17, 15) is 4.79 Å². The summed E-state index contributed by atoms with van der Waals surface area (Å²) in [6.45, 7) is 0. The van der Waals surface area contributed by atoms with Crippen LogP contribution in [0.25, 0.3) is 6.08 Å². The van der Waals surface area contributed by atoms with Crippen molar-refractivity contribution in [2.75, 3.05) is 7.11 Å². The Morgan fingerprint density at radius 1 is 1.77 bits per heavy atom. The topological polar surface area (TPSA) is 44.1 Å². The minimum absolute atomic E-state index is 0.381. The van der Waals surface area contributed by atoms with Crippen molar-refractivity contribution < 1.29 is 9.53 Å². The Labute approximate surface area is 84.3 Å². The van der Waals surface area contributed by atoms with Crippen molar-refractivity contribution in [3.63, 3.8) is 0 Å². The fraction of sp³-hybridized carbons (Fsp3) is 0.250. The Bertz CT molecular complexity index is 324. The third-order valence-corrected chi connectivity index (χ3v) is 2.13. The summed E-state index contributed by atoms with van der Waals surface area (Å²) in [4.78, 5) is 10.8. The summed E-state index contributed by atoms with van der Waals surface area (Å²) >= 11 is 3.30. The average Bonchev–Trinajstić information content (AvgIpc) is 2.43. The number of carbonyl (C=O) groups excluding carboxylic acids is 1. The highest BCUT2D eigenvalue weighted by Gasteiger charge is 2.02. The van der Waals surface area contributed by atoms with Crippen molar-refractivity contribution in [2.24, 2.45) is 7.05 Å². The first-order chi connectivity index (χ1) is 6.15. The Morgan fingerprint density at radius 2 is 2.46 bits per heavy atom. The normalized spacial score (nSPS) is 10.7. The van der Waals surface area contributed by atoms with Crippen LogP contribution in [0.1, 0.15) is 5.69 Å². The highest BCUT2D eigenvalue weighted by Crippen LogP contribution is 2.16. The third-order valence-electron chi connectivity index (χ3n) is 1.52. The Morgan fingerprint density at radius 3 is 2.92 bits per heavy atom. The molecule has 0 fully saturated rings. The molecule has 1 heterocycles. The molecule has 0 saturated heterocycles. The molecule has 0 unspecified atom stereocenters. The third kappa shape index (κ3) is 2.42. The van der Waals surface area contributed by atoms with Crippen molar-refractivity contribution in [2.45, 2.75) is 0 Å². The zero-order valence-electron chi connectivity index (χ0n) is 7.32. The molecular weight excluding hydrogens is 236 g/mol. The minimum Gasteiger partial charge on any atom is -0.466 e. The van der Waals surface area contributed by atoms with Crippen LogP contribution in [-0.2, 0) is 16.6 Å². The van der Waals surface area contributed by atoms with Crippen LogP contribution in [-0.4, -0.2) is 22.9 Å². The van der Waals surface area contributed by atoms with E-state index in [-0.39, 0.29) is 5.97 Å². The lowest BCUT2D eigenvalue weighted by Gasteiger charge is -1.94. The molecule has 0 aliphatic heterocycles. The van der Waals surface area contributed by atoms with Crippen LogP contribution in [0.15, 0.2) is 16.7 Å². The molecule has 4 nitrogen and oxygen atoms in total. The molecule has 0 saturated carbocycles. The van der Waals surface area contributed by atoms with Crippen molar-refractivity contribution in [3.8, 4) is 0 Å². The van der Waals surface area contributed by atoms with Crippen LogP contribution in [0.4, 0.5) is 0 Å². The number of methoxy groups -OCH3 is 1. The molecule has 1 rings (SSSR count). The van der Waals surface area contributed by atoms with Crippen molar-refractivity contribution in [3.05, 3.63) is 22.4 Å². The number of esters is 1. The summed E-state index contributed by atoms with van der Waals surface area (Å²) in [5.41, 5.74) is 0.824. The number of nitrogens with zero attached hydrogens (tertiary/aromatic N) is 2. The molecule has 70 valence electrons. The van der Waals surface area contributed by atoms with Gasteiger partial charge in [0, 0.05) is 13.1 Å². The lowest BCUT2D eigenvalue weighted by molar-refractivity contribution is -0.134. The SMILES string of the molecule is COC(=O)/C=C/c1c(Br)cnn1C. The van der Waals surface area contributed by atoms with Gasteiger partial charge in [-0.25, -0.2) is 4.79 Å². The zero-order chi connectivity index (χ0) is 9.84. The van der Waals surface area contributed by atoms with Gasteiger partial charge in [0.05, 0.1) is 23.5 Å². The predicted molar refractivity (Wildman–Crippen MR) is 52.0 cm³/mol. The van der Waals surface area contributed by atoms with Gasteiger partial charge in [0.25, 0.3) is 0 Å². The molecule has 0 aliphatic rings. The molecule has 1 aromatic rings. The highest BCUT2D eigenvalue weighted by atomic mass is 79.9. The number of hydrogen-bond donors (Lipinski definition) is 0. The molecule has 1 aromatic heterocycles. The summed E-state index contributed by atoms with van der Waals surface area (Å²) < 4.78 is 6.96. The van der Waals surface area contributed by atoms with E-state index in [4.69, 9.17) is 0 Å². The number of aromatic nitrogens is 2. The van der Waals surface area contributed by atoms with E-state index in [1.165, 1.54) is 13.2 Å². The summed E-state index contributed by atoms with van der Waals surface area (Å²) in [5.74, 6) is -0.381. The Balaban J connectivity index is 2.85. The fourth-order valence-electron chi connectivity index (χ4n) is 0.823. The standard InChI is InChI=1S/C8H9BrN2O2/c1-11-7(6(9)5-10-11)3-4-8(12)13-2/h3-5H,1-2H3/b4-3+. The van der Waals surface area contributed by atoms with Gasteiger partial charge in [-0.15, -0.1) is 0 Å². The number of halogens is 1. The summed E-state index contributed by atoms with van der Waals surface area (Å²) in [6, 6.07) is 0. The van der Waals surface area contributed by atoms with Gasteiger partial charge < -0.3 is 4.74 Å². The van der Waals surface area contributed by atoms with Gasteiger partial charge >= 0.3 is 5.97 Å². The van der Waals surface area contributed by atoms with Crippen LogP contribution < -0.4 is 0 Å². The summed E-state index contributed by atoms with van der Waals surface area (Å²) in [5, 5.41) is 3.99. The highest BCUT2D eigenvalue weighted by molar-refractivity contribution is 9.10. The van der Waals surface area contributed by atoms with Crippen LogP contribution in [0.5, 0.6) is 0 Å². The second-order valence-electron chi connectivity index (χ2n) is 2.36. The summed E-state index contributed by atoms with van der Waals surface area (Å²) in [6.07, 6.45) is 4.65. The van der Waals surface area contributed by atoms with Gasteiger partial charge in [-0.05, 0) is 22.0 Å². The van der Waals surface area contributed by atoms with Gasteiger partial charge in [-0.2, -0.15) is 5.10 Å². The average molecular weight is 245 g/mol. The van der Waals surface area contributed by atoms with E-state index in [1.807, 2.05) is 0 Å². The summed E-state index contributed by atoms with van der Waals surface area (Å²) in [7, 11) is 3.13. The van der Waals surface area contributed by atoms with Gasteiger partial charge in [0.1, 0.15) is 0 Å². The van der Waals surface area contributed by atoms with E-state index in [0.717, 1.165) is 10.2 Å². The van der Waals surface area contributed by atoms with Crippen LogP contribution in [0, 0.1) is 0 Å². The first-order valence-corrected chi connectivity index (χ1v) is 4.38. The maximum absolute atomic E-state index is 10.8. The van der Waals surface area contributed by atoms with Gasteiger partial charge in [0.2, 0.25) is 0 Å². The molecule has 0 aromatic carbocycles. The van der Waals surface area contributed by atoms with E-state index >= 15 is 0 Å². The van der Waals surface area contributed by atoms with Gasteiger partial charge in [0.15, 0.2) is 0 Å². The molecule has 0 amide bonds. The maximum atomic E-state index is 10.8. The minimum atomic E-state index is -0.381. The fourth-order valence-corrected chi connectivity index (χ4v) is 1.30. The lowest BCUT2D eigenvalue weighted by atomic mass is 10.4. The lowest BCUT2D eigenvalue weighted by Crippen LogP contribution is -1.96. The number of carbonyl (C=O) groups is 1. The molecule has 5 heteroatoms. The number of aryl methyl sites for hydroxylation is 1. The number of ether oxygens (including phenoxy) is 1. The smallest absolute Gasteiger partial charge is 0.330 e. The molecule has 0 radical (unpaired) electrons. The second kappa shape index (κ2) is 4.23. The molecule has 0 bridgehead atoms. The molecule has 0 spiro atoms. The largest absolute Gasteiger partial charge is 0.466 e. The van der Waals surface area contributed by atoms with Gasteiger partial charge in [-0.1, -0.05) is 0 Å². The van der Waals surface area contributed by atoms with Crippen LogP contribution in [0.2, 0.25) is 0 Å². The Hall–Kier alpha value is -1.10.